The lowest BCUT2D eigenvalue weighted by Crippen LogP contribution is -2.41. The van der Waals surface area contributed by atoms with E-state index in [-0.39, 0.29) is 17.8 Å². The molecule has 0 bridgehead atoms. The summed E-state index contributed by atoms with van der Waals surface area (Å²) in [5.41, 5.74) is -0.922. The van der Waals surface area contributed by atoms with Gasteiger partial charge in [0.25, 0.3) is 17.5 Å². The molecular formula is C27H26N4O5. The molecule has 36 heavy (non-hydrogen) atoms. The third kappa shape index (κ3) is 4.55. The van der Waals surface area contributed by atoms with Gasteiger partial charge in [0.05, 0.1) is 22.7 Å². The highest BCUT2D eigenvalue weighted by atomic mass is 16.6. The zero-order valence-electron chi connectivity index (χ0n) is 19.8. The van der Waals surface area contributed by atoms with E-state index in [1.54, 1.807) is 54.6 Å². The molecule has 0 spiro atoms. The fraction of sp³-hybridized carbons (Fsp3) is 0.222. The lowest BCUT2D eigenvalue weighted by Gasteiger charge is -2.27. The number of benzene rings is 3. The molecule has 3 aromatic carbocycles. The number of nitro benzene ring substituents is 1. The van der Waals surface area contributed by atoms with Gasteiger partial charge in [-0.3, -0.25) is 24.5 Å². The van der Waals surface area contributed by atoms with Gasteiger partial charge in [-0.2, -0.15) is 0 Å². The van der Waals surface area contributed by atoms with Crippen LogP contribution in [-0.2, 0) is 14.4 Å². The normalized spacial score (nSPS) is 14.7. The van der Waals surface area contributed by atoms with E-state index < -0.39 is 34.5 Å². The smallest absolute Gasteiger partial charge is 0.292 e. The molecule has 9 nitrogen and oxygen atoms in total. The minimum absolute atomic E-state index is 0.0101. The van der Waals surface area contributed by atoms with E-state index in [2.05, 4.69) is 5.32 Å². The first-order valence-corrected chi connectivity index (χ1v) is 11.7. The Morgan fingerprint density at radius 3 is 1.86 bits per heavy atom. The van der Waals surface area contributed by atoms with Crippen molar-refractivity contribution in [3.63, 3.8) is 0 Å². The molecule has 9 heteroatoms. The lowest BCUT2D eigenvalue weighted by atomic mass is 9.78. The Morgan fingerprint density at radius 2 is 1.36 bits per heavy atom. The fourth-order valence-electron chi connectivity index (χ4n) is 4.42. The van der Waals surface area contributed by atoms with E-state index >= 15 is 0 Å². The average Bonchev–Trinajstić information content (AvgIpc) is 3.10. The molecule has 0 aromatic heterocycles. The zero-order chi connectivity index (χ0) is 25.7. The van der Waals surface area contributed by atoms with Crippen LogP contribution >= 0.6 is 0 Å². The topological polar surface area (TPSA) is 113 Å². The number of nitro groups is 1. The van der Waals surface area contributed by atoms with Gasteiger partial charge in [-0.1, -0.05) is 68.3 Å². The number of anilines is 3. The summed E-state index contributed by atoms with van der Waals surface area (Å²) in [5.74, 6) is -1.66. The summed E-state index contributed by atoms with van der Waals surface area (Å²) < 4.78 is 0. The van der Waals surface area contributed by atoms with E-state index in [1.807, 2.05) is 19.1 Å². The standard InChI is InChI=1S/C27H26N4O5/c1-2-3-18-27(19-24(32)28-22-16-10-11-17-23(22)31(35)36)25(33)29(20-12-6-4-7-13-20)30(26(27)34)21-14-8-5-9-15-21/h4-17H,2-3,18-19H2,1H3,(H,28,32). The molecule has 0 aliphatic carbocycles. The maximum atomic E-state index is 14.1. The van der Waals surface area contributed by atoms with Gasteiger partial charge in [0.2, 0.25) is 5.91 Å². The second kappa shape index (κ2) is 10.4. The predicted octanol–water partition coefficient (Wildman–Crippen LogP) is 5.10. The summed E-state index contributed by atoms with van der Waals surface area (Å²) in [4.78, 5) is 52.1. The van der Waals surface area contributed by atoms with E-state index in [1.165, 1.54) is 28.2 Å². The van der Waals surface area contributed by atoms with E-state index in [0.717, 1.165) is 0 Å². The molecule has 1 aliphatic rings. The Hall–Kier alpha value is -4.53. The Labute approximate surface area is 208 Å². The van der Waals surface area contributed by atoms with Crippen molar-refractivity contribution in [1.29, 1.82) is 0 Å². The van der Waals surface area contributed by atoms with E-state index in [0.29, 0.717) is 24.2 Å². The number of nitrogens with one attached hydrogen (secondary N) is 1. The molecule has 0 unspecified atom stereocenters. The molecule has 1 N–H and O–H groups in total. The number of unbranched alkanes of at least 4 members (excludes halogenated alkanes) is 1. The van der Waals surface area contributed by atoms with Gasteiger partial charge in [-0.05, 0) is 36.8 Å². The summed E-state index contributed by atoms with van der Waals surface area (Å²) in [6, 6.07) is 23.4. The minimum atomic E-state index is -1.66. The largest absolute Gasteiger partial charge is 0.320 e. The highest BCUT2D eigenvalue weighted by molar-refractivity contribution is 6.27. The highest BCUT2D eigenvalue weighted by Gasteiger charge is 2.59. The first kappa shape index (κ1) is 24.6. The fourth-order valence-corrected chi connectivity index (χ4v) is 4.42. The molecule has 3 aromatic rings. The molecule has 0 saturated carbocycles. The van der Waals surface area contributed by atoms with Crippen LogP contribution in [0.25, 0.3) is 0 Å². The number of hydrazine groups is 1. The van der Waals surface area contributed by atoms with E-state index in [9.17, 15) is 24.5 Å². The van der Waals surface area contributed by atoms with Gasteiger partial charge in [-0.15, -0.1) is 0 Å². The van der Waals surface area contributed by atoms with Crippen LogP contribution in [0.2, 0.25) is 0 Å². The van der Waals surface area contributed by atoms with Crippen molar-refractivity contribution >= 4 is 40.5 Å². The molecule has 4 rings (SSSR count). The first-order chi connectivity index (χ1) is 17.4. The van der Waals surface area contributed by atoms with Gasteiger partial charge >= 0.3 is 0 Å². The SMILES string of the molecule is CCCCC1(CC(=O)Nc2ccccc2[N+](=O)[O-])C(=O)N(c2ccccc2)N(c2ccccc2)C1=O. The van der Waals surface area contributed by atoms with Gasteiger partial charge in [0, 0.05) is 6.07 Å². The number of hydrogen-bond acceptors (Lipinski definition) is 5. The van der Waals surface area contributed by atoms with Gasteiger partial charge < -0.3 is 5.32 Å². The summed E-state index contributed by atoms with van der Waals surface area (Å²) in [6.45, 7) is 1.94. The maximum Gasteiger partial charge on any atom is 0.292 e. The van der Waals surface area contributed by atoms with Gasteiger partial charge in [0.15, 0.2) is 0 Å². The third-order valence-corrected chi connectivity index (χ3v) is 6.20. The third-order valence-electron chi connectivity index (χ3n) is 6.20. The molecule has 0 radical (unpaired) electrons. The average molecular weight is 487 g/mol. The number of para-hydroxylation sites is 4. The monoisotopic (exact) mass is 486 g/mol. The van der Waals surface area contributed by atoms with Crippen LogP contribution in [0.1, 0.15) is 32.6 Å². The van der Waals surface area contributed by atoms with Crippen molar-refractivity contribution in [2.24, 2.45) is 5.41 Å². The Balaban J connectivity index is 1.75. The zero-order valence-corrected chi connectivity index (χ0v) is 19.8. The molecule has 3 amide bonds. The summed E-state index contributed by atoms with van der Waals surface area (Å²) in [6.07, 6.45) is 0.980. The van der Waals surface area contributed by atoms with Gasteiger partial charge in [0.1, 0.15) is 11.1 Å². The van der Waals surface area contributed by atoms with Crippen molar-refractivity contribution < 1.29 is 19.3 Å². The first-order valence-electron chi connectivity index (χ1n) is 11.7. The van der Waals surface area contributed by atoms with Crippen LogP contribution in [0.5, 0.6) is 0 Å². The molecular weight excluding hydrogens is 460 g/mol. The van der Waals surface area contributed by atoms with Crippen LogP contribution < -0.4 is 15.3 Å². The van der Waals surface area contributed by atoms with Crippen molar-refractivity contribution in [3.05, 3.63) is 95.0 Å². The van der Waals surface area contributed by atoms with Crippen LogP contribution in [-0.4, -0.2) is 22.6 Å². The molecule has 184 valence electrons. The lowest BCUT2D eigenvalue weighted by molar-refractivity contribution is -0.383. The van der Waals surface area contributed by atoms with Gasteiger partial charge in [-0.25, -0.2) is 10.0 Å². The van der Waals surface area contributed by atoms with Crippen LogP contribution in [0.15, 0.2) is 84.9 Å². The van der Waals surface area contributed by atoms with Crippen LogP contribution in [0.3, 0.4) is 0 Å². The summed E-state index contributed by atoms with van der Waals surface area (Å²) in [5, 5.41) is 16.6. The Morgan fingerprint density at radius 1 is 0.861 bits per heavy atom. The van der Waals surface area contributed by atoms with Crippen molar-refractivity contribution in [2.75, 3.05) is 15.3 Å². The number of carbonyl (C=O) groups is 3. The number of hydrogen-bond donors (Lipinski definition) is 1. The minimum Gasteiger partial charge on any atom is -0.320 e. The Kier molecular flexibility index (Phi) is 7.10. The summed E-state index contributed by atoms with van der Waals surface area (Å²) in [7, 11) is 0. The molecule has 0 atom stereocenters. The second-order valence-electron chi connectivity index (χ2n) is 8.59. The number of carbonyl (C=O) groups excluding carboxylic acids is 3. The summed E-state index contributed by atoms with van der Waals surface area (Å²) >= 11 is 0. The van der Waals surface area contributed by atoms with Crippen molar-refractivity contribution in [1.82, 2.24) is 0 Å². The molecule has 1 fully saturated rings. The predicted molar refractivity (Wildman–Crippen MR) is 136 cm³/mol. The van der Waals surface area contributed by atoms with Crippen molar-refractivity contribution in [3.8, 4) is 0 Å². The quantitative estimate of drug-likeness (QED) is 0.257. The number of nitrogens with zero attached hydrogens (tertiary/aromatic N) is 3. The highest BCUT2D eigenvalue weighted by Crippen LogP contribution is 2.44. The van der Waals surface area contributed by atoms with Crippen molar-refractivity contribution in [2.45, 2.75) is 32.6 Å². The number of amides is 3. The maximum absolute atomic E-state index is 14.1. The van der Waals surface area contributed by atoms with Crippen LogP contribution in [0.4, 0.5) is 22.7 Å². The molecule has 1 aliphatic heterocycles. The second-order valence-corrected chi connectivity index (χ2v) is 8.59. The van der Waals surface area contributed by atoms with Crippen LogP contribution in [0, 0.1) is 15.5 Å². The number of rotatable bonds is 9. The Bertz CT molecular complexity index is 1220. The van der Waals surface area contributed by atoms with E-state index in [4.69, 9.17) is 0 Å². The molecule has 1 saturated heterocycles. The molecule has 1 heterocycles.